The Morgan fingerprint density at radius 1 is 0.750 bits per heavy atom. The van der Waals surface area contributed by atoms with Crippen LogP contribution in [0.1, 0.15) is 83.5 Å². The summed E-state index contributed by atoms with van der Waals surface area (Å²) in [5.74, 6) is 2.68. The molecule has 0 saturated heterocycles. The average Bonchev–Trinajstić information content (AvgIpc) is 3.56. The maximum Gasteiger partial charge on any atom is 2.00 e. The van der Waals surface area contributed by atoms with E-state index < -0.39 is 0 Å². The van der Waals surface area contributed by atoms with Crippen molar-refractivity contribution in [2.24, 2.45) is 5.92 Å². The quantitative estimate of drug-likeness (QED) is 0.150. The second-order valence-corrected chi connectivity index (χ2v) is 16.3. The minimum atomic E-state index is -0.127. The van der Waals surface area contributed by atoms with Crippen molar-refractivity contribution in [3.8, 4) is 34.1 Å². The van der Waals surface area contributed by atoms with Crippen LogP contribution in [0.4, 0.5) is 0 Å². The van der Waals surface area contributed by atoms with Gasteiger partial charge in [0.15, 0.2) is 0 Å². The van der Waals surface area contributed by atoms with E-state index in [2.05, 4.69) is 159 Å². The number of hydrogen-bond acceptors (Lipinski definition) is 3. The van der Waals surface area contributed by atoms with Gasteiger partial charge < -0.3 is 9.30 Å². The average molecular weight is 868 g/mol. The van der Waals surface area contributed by atoms with Crippen molar-refractivity contribution in [1.29, 1.82) is 0 Å². The molecule has 0 saturated carbocycles. The Bertz CT molecular complexity index is 2390. The summed E-state index contributed by atoms with van der Waals surface area (Å²) < 4.78 is 10.9. The number of nitrogens with zero attached hydrogens (tertiary/aromatic N) is 4. The van der Waals surface area contributed by atoms with Crippen LogP contribution in [0.3, 0.4) is 0 Å². The maximum atomic E-state index is 6.70. The van der Waals surface area contributed by atoms with E-state index in [1.807, 2.05) is 23.0 Å². The van der Waals surface area contributed by atoms with Gasteiger partial charge in [-0.2, -0.15) is 11.2 Å². The topological polar surface area (TPSA) is 44.9 Å². The summed E-state index contributed by atoms with van der Waals surface area (Å²) in [7, 11) is 0. The molecule has 0 aliphatic heterocycles. The van der Waals surface area contributed by atoms with E-state index in [1.54, 1.807) is 0 Å². The van der Waals surface area contributed by atoms with Crippen molar-refractivity contribution in [2.75, 3.05) is 0 Å². The fourth-order valence-corrected chi connectivity index (χ4v) is 7.02. The molecule has 7 rings (SSSR count). The molecule has 3 heterocycles. The third-order valence-corrected chi connectivity index (χ3v) is 9.70. The van der Waals surface area contributed by atoms with Crippen LogP contribution in [-0.2, 0) is 38.3 Å². The number of rotatable bonds is 7. The summed E-state index contributed by atoms with van der Waals surface area (Å²) in [6.07, 6.45) is 2.94. The molecule has 0 N–H and O–H groups in total. The van der Waals surface area contributed by atoms with Crippen LogP contribution in [0.25, 0.3) is 44.4 Å². The number of ether oxygens (including phenoxy) is 1. The van der Waals surface area contributed by atoms with Crippen molar-refractivity contribution in [3.63, 3.8) is 0 Å². The molecule has 0 radical (unpaired) electrons. The first-order valence-electron chi connectivity index (χ1n) is 18.0. The van der Waals surface area contributed by atoms with Gasteiger partial charge in [0, 0.05) is 34.5 Å². The minimum absolute atomic E-state index is 0. The summed E-state index contributed by atoms with van der Waals surface area (Å²) in [6, 6.07) is 37.3. The molecule has 52 heavy (non-hydrogen) atoms. The van der Waals surface area contributed by atoms with E-state index >= 15 is 0 Å². The van der Waals surface area contributed by atoms with Crippen LogP contribution >= 0.6 is 0 Å². The van der Waals surface area contributed by atoms with Crippen LogP contribution < -0.4 is 4.74 Å². The van der Waals surface area contributed by atoms with E-state index in [4.69, 9.17) is 14.8 Å². The van der Waals surface area contributed by atoms with Crippen molar-refractivity contribution in [1.82, 2.24) is 19.3 Å². The predicted octanol–water partition coefficient (Wildman–Crippen LogP) is 11.8. The minimum Gasteiger partial charge on any atom is -0.509 e. The van der Waals surface area contributed by atoms with Gasteiger partial charge in [-0.3, -0.25) is 4.68 Å². The summed E-state index contributed by atoms with van der Waals surface area (Å²) in [5, 5.41) is 7.31. The number of aryl methyl sites for hydroxylation is 1. The van der Waals surface area contributed by atoms with Gasteiger partial charge in [0.05, 0.1) is 5.69 Å². The van der Waals surface area contributed by atoms with Crippen molar-refractivity contribution in [2.45, 2.75) is 86.5 Å². The molecule has 5 nitrogen and oxygen atoms in total. The summed E-state index contributed by atoms with van der Waals surface area (Å²) in [4.78, 5) is 4.89. The normalized spacial score (nSPS) is 12.1. The Kier molecular flexibility index (Phi) is 10.2. The number of aromatic nitrogens is 4. The van der Waals surface area contributed by atoms with Gasteiger partial charge in [-0.15, -0.1) is 41.3 Å². The zero-order valence-corrected chi connectivity index (χ0v) is 34.2. The van der Waals surface area contributed by atoms with Gasteiger partial charge in [-0.1, -0.05) is 103 Å². The van der Waals surface area contributed by atoms with Gasteiger partial charge >= 0.3 is 21.1 Å². The van der Waals surface area contributed by atoms with E-state index in [1.165, 1.54) is 16.5 Å². The SMILES string of the molecule is Cc1nn(-c2[c-]c(Oc3[c-]c4c(cc3)c3cc(CC(C)C)ccc3n4-c3cc(C(C)(C)C)ccn3)cc(C(C)(C)C)c2)c(C)c1-c1ccccc1.[Pt+2]. The van der Waals surface area contributed by atoms with E-state index in [-0.39, 0.29) is 31.9 Å². The van der Waals surface area contributed by atoms with E-state index in [9.17, 15) is 0 Å². The molecule has 0 amide bonds. The number of fused-ring (bicyclic) bond motifs is 3. The fraction of sp³-hybridized carbons (Fsp3) is 0.304. The second-order valence-electron chi connectivity index (χ2n) is 16.3. The maximum absolute atomic E-state index is 6.70. The standard InChI is InChI=1S/C46H48N4O.Pt/c1-29(2)22-32-16-19-41-40(23-32)39-18-17-37(28-42(39)49(41)43-26-34(20-21-47-43)45(5,6)7)51-38-25-35(46(8,9)10)24-36(27-38)50-31(4)44(30(3)48-50)33-14-12-11-13-15-33;/h11-21,23-26,29H,22H2,1-10H3;/q-2;+2. The molecule has 7 aromatic rings. The van der Waals surface area contributed by atoms with Crippen LogP contribution in [0.15, 0.2) is 91.1 Å². The van der Waals surface area contributed by atoms with Gasteiger partial charge in [0.1, 0.15) is 5.82 Å². The first-order chi connectivity index (χ1) is 24.2. The molecule has 0 unspecified atom stereocenters. The van der Waals surface area contributed by atoms with E-state index in [0.29, 0.717) is 17.4 Å². The third kappa shape index (κ3) is 7.26. The number of pyridine rings is 1. The van der Waals surface area contributed by atoms with Crippen molar-refractivity contribution >= 4 is 21.8 Å². The van der Waals surface area contributed by atoms with Gasteiger partial charge in [0.25, 0.3) is 0 Å². The Morgan fingerprint density at radius 2 is 1.48 bits per heavy atom. The van der Waals surface area contributed by atoms with Crippen LogP contribution in [0, 0.1) is 31.9 Å². The predicted molar refractivity (Wildman–Crippen MR) is 211 cm³/mol. The molecular weight excluding hydrogens is 820 g/mol. The molecule has 4 aromatic carbocycles. The van der Waals surface area contributed by atoms with Crippen LogP contribution in [0.5, 0.6) is 11.5 Å². The molecule has 0 bridgehead atoms. The third-order valence-electron chi connectivity index (χ3n) is 9.70. The molecule has 0 aliphatic rings. The van der Waals surface area contributed by atoms with Gasteiger partial charge in [0.2, 0.25) is 0 Å². The van der Waals surface area contributed by atoms with E-state index in [0.717, 1.165) is 62.4 Å². The molecule has 0 aliphatic carbocycles. The molecule has 0 fully saturated rings. The molecule has 6 heteroatoms. The van der Waals surface area contributed by atoms with Crippen LogP contribution in [0.2, 0.25) is 0 Å². The first-order valence-corrected chi connectivity index (χ1v) is 18.0. The number of hydrogen-bond donors (Lipinski definition) is 0. The fourth-order valence-electron chi connectivity index (χ4n) is 7.02. The molecule has 3 aromatic heterocycles. The smallest absolute Gasteiger partial charge is 0.509 e. The molecule has 0 atom stereocenters. The molecule has 268 valence electrons. The van der Waals surface area contributed by atoms with Gasteiger partial charge in [-0.25, -0.2) is 4.98 Å². The van der Waals surface area contributed by atoms with Crippen molar-refractivity contribution < 1.29 is 25.8 Å². The van der Waals surface area contributed by atoms with Gasteiger partial charge in [-0.05, 0) is 83.0 Å². The second kappa shape index (κ2) is 14.2. The van der Waals surface area contributed by atoms with Crippen LogP contribution in [-0.4, -0.2) is 19.3 Å². The largest absolute Gasteiger partial charge is 2.00 e. The number of benzene rings is 4. The first kappa shape index (κ1) is 37.3. The summed E-state index contributed by atoms with van der Waals surface area (Å²) in [5.41, 5.74) is 10.8. The Morgan fingerprint density at radius 3 is 2.17 bits per heavy atom. The summed E-state index contributed by atoms with van der Waals surface area (Å²) in [6.45, 7) is 22.1. The van der Waals surface area contributed by atoms with Crippen molar-refractivity contribution in [3.05, 3.63) is 131 Å². The Balaban J connectivity index is 0.00000464. The monoisotopic (exact) mass is 867 g/mol. The zero-order valence-electron chi connectivity index (χ0n) is 32.0. The molecule has 0 spiro atoms. The molecular formula is C46H48N4OPt. The zero-order chi connectivity index (χ0) is 36.2. The Hall–Kier alpha value is -4.47. The Labute approximate surface area is 323 Å². The summed E-state index contributed by atoms with van der Waals surface area (Å²) >= 11 is 0.